The summed E-state index contributed by atoms with van der Waals surface area (Å²) < 4.78 is 17.2. The van der Waals surface area contributed by atoms with Gasteiger partial charge in [0, 0.05) is 31.7 Å². The molecule has 190 valence electrons. The number of amides is 1. The van der Waals surface area contributed by atoms with E-state index in [-0.39, 0.29) is 5.91 Å². The number of methoxy groups -OCH3 is 1. The Labute approximate surface area is 210 Å². The van der Waals surface area contributed by atoms with E-state index >= 15 is 0 Å². The molecular weight excluding hydrogens is 462 g/mol. The van der Waals surface area contributed by atoms with E-state index in [1.165, 1.54) is 0 Å². The number of fused-ring (bicyclic) bond motifs is 3. The zero-order chi connectivity index (χ0) is 25.1. The van der Waals surface area contributed by atoms with Gasteiger partial charge >= 0.3 is 0 Å². The second-order valence-electron chi connectivity index (χ2n) is 8.76. The van der Waals surface area contributed by atoms with Crippen LogP contribution in [0.2, 0.25) is 0 Å². The smallest absolute Gasteiger partial charge is 0.259 e. The number of nitrogens with one attached hydrogen (secondary N) is 1. The second kappa shape index (κ2) is 10.5. The third-order valence-electron chi connectivity index (χ3n) is 6.41. The lowest BCUT2D eigenvalue weighted by molar-refractivity contribution is 0.0357. The molecule has 0 spiro atoms. The highest BCUT2D eigenvalue weighted by Gasteiger charge is 2.33. The van der Waals surface area contributed by atoms with Crippen molar-refractivity contribution in [1.82, 2.24) is 20.1 Å². The van der Waals surface area contributed by atoms with Crippen molar-refractivity contribution in [1.29, 1.82) is 0 Å². The zero-order valence-electron chi connectivity index (χ0n) is 20.6. The third-order valence-corrected chi connectivity index (χ3v) is 6.41. The SMILES string of the molecule is COc1c(OCCCN2CCOCC2)ccc2c1N=C(NC(=O)c1ccc(N)nc1C)N1CCN=C21. The first-order valence-electron chi connectivity index (χ1n) is 12.1. The molecule has 4 heterocycles. The number of carbonyl (C=O) groups is 1. The Morgan fingerprint density at radius 1 is 1.19 bits per heavy atom. The first-order chi connectivity index (χ1) is 17.5. The number of benzene rings is 1. The number of hydrogen-bond donors (Lipinski definition) is 2. The van der Waals surface area contributed by atoms with Gasteiger partial charge in [-0.15, -0.1) is 0 Å². The number of pyridine rings is 1. The number of amidine groups is 1. The van der Waals surface area contributed by atoms with Crippen molar-refractivity contribution >= 4 is 29.2 Å². The van der Waals surface area contributed by atoms with Gasteiger partial charge in [0.2, 0.25) is 5.96 Å². The molecule has 0 atom stereocenters. The third kappa shape index (κ3) is 4.84. The summed E-state index contributed by atoms with van der Waals surface area (Å²) in [6, 6.07) is 7.11. The average Bonchev–Trinajstić information content (AvgIpc) is 3.37. The molecule has 11 nitrogen and oxygen atoms in total. The summed E-state index contributed by atoms with van der Waals surface area (Å²) >= 11 is 0. The Bertz CT molecular complexity index is 1210. The van der Waals surface area contributed by atoms with Crippen LogP contribution in [0.3, 0.4) is 0 Å². The second-order valence-corrected chi connectivity index (χ2v) is 8.76. The first kappa shape index (κ1) is 24.0. The lowest BCUT2D eigenvalue weighted by atomic mass is 10.1. The van der Waals surface area contributed by atoms with Crippen LogP contribution in [0.4, 0.5) is 11.5 Å². The Kier molecular flexibility index (Phi) is 7.01. The van der Waals surface area contributed by atoms with Gasteiger partial charge in [0.05, 0.1) is 44.7 Å². The van der Waals surface area contributed by atoms with E-state index in [2.05, 4.69) is 20.2 Å². The minimum absolute atomic E-state index is 0.317. The molecule has 1 saturated heterocycles. The fourth-order valence-electron chi connectivity index (χ4n) is 4.59. The molecule has 1 fully saturated rings. The van der Waals surface area contributed by atoms with Gasteiger partial charge in [-0.1, -0.05) is 0 Å². The van der Waals surface area contributed by atoms with Crippen molar-refractivity contribution in [2.24, 2.45) is 9.98 Å². The van der Waals surface area contributed by atoms with Gasteiger partial charge in [0.25, 0.3) is 5.91 Å². The van der Waals surface area contributed by atoms with Gasteiger partial charge in [-0.25, -0.2) is 9.98 Å². The Morgan fingerprint density at radius 3 is 2.81 bits per heavy atom. The predicted molar refractivity (Wildman–Crippen MR) is 136 cm³/mol. The number of rotatable bonds is 7. The Morgan fingerprint density at radius 2 is 2.03 bits per heavy atom. The number of ether oxygens (including phenoxy) is 3. The number of aromatic nitrogens is 1. The highest BCUT2D eigenvalue weighted by Crippen LogP contribution is 2.43. The van der Waals surface area contributed by atoms with Crippen LogP contribution >= 0.6 is 0 Å². The van der Waals surface area contributed by atoms with Crippen molar-refractivity contribution in [2.45, 2.75) is 13.3 Å². The highest BCUT2D eigenvalue weighted by molar-refractivity contribution is 6.20. The summed E-state index contributed by atoms with van der Waals surface area (Å²) in [4.78, 5) is 31.0. The van der Waals surface area contributed by atoms with Gasteiger partial charge in [0.15, 0.2) is 11.5 Å². The number of hydrogen-bond acceptors (Lipinski definition) is 10. The molecule has 3 aliphatic heterocycles. The molecule has 5 rings (SSSR count). The summed E-state index contributed by atoms with van der Waals surface area (Å²) in [7, 11) is 1.59. The van der Waals surface area contributed by atoms with E-state index in [0.29, 0.717) is 59.9 Å². The first-order valence-corrected chi connectivity index (χ1v) is 12.1. The molecule has 36 heavy (non-hydrogen) atoms. The number of aliphatic imine (C=N–C) groups is 2. The number of nitrogens with zero attached hydrogens (tertiary/aromatic N) is 5. The summed E-state index contributed by atoms with van der Waals surface area (Å²) in [6.07, 6.45) is 0.889. The fourth-order valence-corrected chi connectivity index (χ4v) is 4.59. The van der Waals surface area contributed by atoms with E-state index < -0.39 is 0 Å². The van der Waals surface area contributed by atoms with Crippen LogP contribution in [-0.4, -0.2) is 92.1 Å². The Hall–Kier alpha value is -3.70. The molecule has 0 aliphatic carbocycles. The van der Waals surface area contributed by atoms with Crippen LogP contribution in [0.15, 0.2) is 34.3 Å². The molecule has 0 bridgehead atoms. The lowest BCUT2D eigenvalue weighted by Crippen LogP contribution is -2.47. The van der Waals surface area contributed by atoms with Crippen molar-refractivity contribution in [3.05, 3.63) is 41.1 Å². The number of aryl methyl sites for hydroxylation is 1. The molecule has 1 aromatic heterocycles. The van der Waals surface area contributed by atoms with Gasteiger partial charge < -0.3 is 19.9 Å². The summed E-state index contributed by atoms with van der Waals surface area (Å²) in [5.74, 6) is 2.32. The maximum Gasteiger partial charge on any atom is 0.259 e. The molecule has 1 aromatic carbocycles. The topological polar surface area (TPSA) is 127 Å². The number of carbonyl (C=O) groups excluding carboxylic acids is 1. The van der Waals surface area contributed by atoms with Gasteiger partial charge in [-0.3, -0.25) is 24.9 Å². The van der Waals surface area contributed by atoms with Crippen LogP contribution in [0.5, 0.6) is 11.5 Å². The van der Waals surface area contributed by atoms with Crippen molar-refractivity contribution < 1.29 is 19.0 Å². The Balaban J connectivity index is 1.36. The molecule has 0 radical (unpaired) electrons. The van der Waals surface area contributed by atoms with Crippen LogP contribution in [0, 0.1) is 6.92 Å². The number of guanidine groups is 1. The van der Waals surface area contributed by atoms with E-state index in [4.69, 9.17) is 24.9 Å². The van der Waals surface area contributed by atoms with Gasteiger partial charge in [-0.2, -0.15) is 0 Å². The van der Waals surface area contributed by atoms with Crippen LogP contribution in [0.1, 0.15) is 28.0 Å². The normalized spacial score (nSPS) is 17.1. The number of anilines is 1. The van der Waals surface area contributed by atoms with Crippen LogP contribution < -0.4 is 20.5 Å². The minimum atomic E-state index is -0.317. The molecule has 0 saturated carbocycles. The van der Waals surface area contributed by atoms with Crippen molar-refractivity contribution in [3.63, 3.8) is 0 Å². The standard InChI is InChI=1S/C25H31N7O4/c1-16-17(5-7-20(26)28-16)24(33)30-25-29-21-18(23-27-8-10-32(23)25)4-6-19(22(21)34-2)36-13-3-9-31-11-14-35-15-12-31/h4-7H,3,8-15H2,1-2H3,(H2,26,28)(H,29,30,33). The van der Waals surface area contributed by atoms with Crippen LogP contribution in [-0.2, 0) is 4.74 Å². The van der Waals surface area contributed by atoms with Crippen LogP contribution in [0.25, 0.3) is 0 Å². The van der Waals surface area contributed by atoms with Crippen molar-refractivity contribution in [3.8, 4) is 11.5 Å². The maximum absolute atomic E-state index is 13.1. The minimum Gasteiger partial charge on any atom is -0.491 e. The maximum atomic E-state index is 13.1. The van der Waals surface area contributed by atoms with Crippen molar-refractivity contribution in [2.75, 3.05) is 65.4 Å². The molecule has 0 unspecified atom stereocenters. The highest BCUT2D eigenvalue weighted by atomic mass is 16.5. The summed E-state index contributed by atoms with van der Waals surface area (Å²) in [5.41, 5.74) is 8.14. The predicted octanol–water partition coefficient (Wildman–Crippen LogP) is 1.58. The zero-order valence-corrected chi connectivity index (χ0v) is 20.6. The number of morpholine rings is 1. The monoisotopic (exact) mass is 493 g/mol. The molecule has 11 heteroatoms. The van der Waals surface area contributed by atoms with E-state index in [1.54, 1.807) is 26.2 Å². The van der Waals surface area contributed by atoms with E-state index in [0.717, 1.165) is 50.7 Å². The summed E-state index contributed by atoms with van der Waals surface area (Å²) in [6.45, 7) is 7.95. The quantitative estimate of drug-likeness (QED) is 0.557. The molecule has 1 amide bonds. The van der Waals surface area contributed by atoms with Gasteiger partial charge in [-0.05, 0) is 37.6 Å². The molecule has 3 aliphatic rings. The van der Waals surface area contributed by atoms with E-state index in [1.807, 2.05) is 17.0 Å². The molecule has 3 N–H and O–H groups in total. The number of nitrogen functional groups attached to an aromatic ring is 1. The number of nitrogens with two attached hydrogens (primary N) is 1. The largest absolute Gasteiger partial charge is 0.491 e. The summed E-state index contributed by atoms with van der Waals surface area (Å²) in [5, 5.41) is 2.93. The van der Waals surface area contributed by atoms with Gasteiger partial charge in [0.1, 0.15) is 17.3 Å². The average molecular weight is 494 g/mol. The molecule has 2 aromatic rings. The lowest BCUT2D eigenvalue weighted by Gasteiger charge is -2.29. The fraction of sp³-hybridized carbons (Fsp3) is 0.440. The molecular formula is C25H31N7O4. The van der Waals surface area contributed by atoms with E-state index in [9.17, 15) is 4.79 Å².